The summed E-state index contributed by atoms with van der Waals surface area (Å²) in [6.45, 7) is 8.99. The number of fused-ring (bicyclic) bond motifs is 3. The summed E-state index contributed by atoms with van der Waals surface area (Å²) in [5, 5.41) is 3.21. The van der Waals surface area contributed by atoms with Gasteiger partial charge in [-0.1, -0.05) is 68.4 Å². The van der Waals surface area contributed by atoms with Gasteiger partial charge in [-0.3, -0.25) is 0 Å². The molecule has 0 fully saturated rings. The molecular formula is C30H31N3O. The van der Waals surface area contributed by atoms with Crippen LogP contribution in [0.5, 0.6) is 0 Å². The van der Waals surface area contributed by atoms with Crippen molar-refractivity contribution in [2.75, 3.05) is 5.32 Å². The molecule has 2 heterocycles. The van der Waals surface area contributed by atoms with E-state index < -0.39 is 0 Å². The monoisotopic (exact) mass is 449 g/mol. The van der Waals surface area contributed by atoms with Gasteiger partial charge in [0.25, 0.3) is 0 Å². The molecule has 4 nitrogen and oxygen atoms in total. The van der Waals surface area contributed by atoms with Crippen molar-refractivity contribution in [2.24, 2.45) is 0 Å². The molecule has 0 saturated carbocycles. The Balaban J connectivity index is 1.62. The summed E-state index contributed by atoms with van der Waals surface area (Å²) in [5.41, 5.74) is 8.75. The first-order valence-corrected chi connectivity index (χ1v) is 11.9. The van der Waals surface area contributed by atoms with Crippen LogP contribution in [-0.4, -0.2) is 15.5 Å². The van der Waals surface area contributed by atoms with Gasteiger partial charge in [0, 0.05) is 17.6 Å². The van der Waals surface area contributed by atoms with Crippen LogP contribution in [0.15, 0.2) is 85.1 Å². The van der Waals surface area contributed by atoms with E-state index >= 15 is 0 Å². The van der Waals surface area contributed by atoms with Gasteiger partial charge >= 0.3 is 6.03 Å². The average Bonchev–Trinajstić information content (AvgIpc) is 3.25. The van der Waals surface area contributed by atoms with E-state index in [0.717, 1.165) is 39.3 Å². The largest absolute Gasteiger partial charge is 0.322 e. The lowest BCUT2D eigenvalue weighted by molar-refractivity contribution is 0.194. The third-order valence-electron chi connectivity index (χ3n) is 6.78. The highest BCUT2D eigenvalue weighted by atomic mass is 16.2. The molecule has 0 aliphatic carbocycles. The fourth-order valence-corrected chi connectivity index (χ4v) is 4.81. The van der Waals surface area contributed by atoms with Crippen molar-refractivity contribution in [3.8, 4) is 5.69 Å². The van der Waals surface area contributed by atoms with Crippen LogP contribution < -0.4 is 5.32 Å². The van der Waals surface area contributed by atoms with Crippen LogP contribution in [0.1, 0.15) is 59.3 Å². The molecule has 3 aromatic carbocycles. The maximum atomic E-state index is 13.9. The Hall–Kier alpha value is -3.79. The smallest absolute Gasteiger partial charge is 0.318 e. The lowest BCUT2D eigenvalue weighted by Crippen LogP contribution is -2.38. The number of rotatable bonds is 3. The molecule has 1 aromatic heterocycles. The second kappa shape index (κ2) is 8.86. The van der Waals surface area contributed by atoms with Crippen LogP contribution in [0.2, 0.25) is 0 Å². The van der Waals surface area contributed by atoms with Crippen molar-refractivity contribution in [1.29, 1.82) is 0 Å². The molecule has 172 valence electrons. The highest BCUT2D eigenvalue weighted by Crippen LogP contribution is 2.37. The van der Waals surface area contributed by atoms with E-state index in [0.29, 0.717) is 12.5 Å². The second-order valence-electron chi connectivity index (χ2n) is 9.53. The Morgan fingerprint density at radius 1 is 0.941 bits per heavy atom. The van der Waals surface area contributed by atoms with E-state index in [-0.39, 0.29) is 12.1 Å². The topological polar surface area (TPSA) is 37.3 Å². The number of carbonyl (C=O) groups is 1. The van der Waals surface area contributed by atoms with Gasteiger partial charge in [-0.2, -0.15) is 0 Å². The molecule has 1 aliphatic heterocycles. The summed E-state index contributed by atoms with van der Waals surface area (Å²) >= 11 is 0. The maximum absolute atomic E-state index is 13.9. The van der Waals surface area contributed by atoms with Gasteiger partial charge in [-0.05, 0) is 71.8 Å². The minimum Gasteiger partial charge on any atom is -0.318 e. The van der Waals surface area contributed by atoms with E-state index in [1.807, 2.05) is 30.9 Å². The Kier molecular flexibility index (Phi) is 5.74. The number of hydrogen-bond acceptors (Lipinski definition) is 1. The van der Waals surface area contributed by atoms with Crippen molar-refractivity contribution in [3.63, 3.8) is 0 Å². The number of nitrogens with zero attached hydrogens (tertiary/aromatic N) is 2. The fourth-order valence-electron chi connectivity index (χ4n) is 4.81. The number of nitrogens with one attached hydrogen (secondary N) is 1. The number of amides is 2. The molecule has 1 unspecified atom stereocenters. The molecule has 0 saturated heterocycles. The zero-order valence-corrected chi connectivity index (χ0v) is 20.2. The molecule has 2 amide bonds. The predicted molar refractivity (Wildman–Crippen MR) is 139 cm³/mol. The van der Waals surface area contributed by atoms with E-state index in [1.54, 1.807) is 0 Å². The van der Waals surface area contributed by atoms with Gasteiger partial charge in [0.2, 0.25) is 0 Å². The fraction of sp³-hybridized carbons (Fsp3) is 0.233. The molecule has 4 aromatic rings. The van der Waals surface area contributed by atoms with Crippen LogP contribution >= 0.6 is 0 Å². The third kappa shape index (κ3) is 4.01. The number of para-hydroxylation sites is 1. The van der Waals surface area contributed by atoms with Crippen LogP contribution in [-0.2, 0) is 6.54 Å². The quantitative estimate of drug-likeness (QED) is 0.349. The summed E-state index contributed by atoms with van der Waals surface area (Å²) in [7, 11) is 0. The highest BCUT2D eigenvalue weighted by Gasteiger charge is 2.33. The first-order valence-electron chi connectivity index (χ1n) is 11.9. The van der Waals surface area contributed by atoms with Crippen LogP contribution in [0.25, 0.3) is 5.69 Å². The first kappa shape index (κ1) is 22.0. The lowest BCUT2D eigenvalue weighted by Gasteiger charge is -2.31. The van der Waals surface area contributed by atoms with Gasteiger partial charge in [-0.15, -0.1) is 0 Å². The average molecular weight is 450 g/mol. The van der Waals surface area contributed by atoms with Crippen molar-refractivity contribution in [1.82, 2.24) is 9.47 Å². The van der Waals surface area contributed by atoms with Gasteiger partial charge < -0.3 is 14.8 Å². The van der Waals surface area contributed by atoms with Gasteiger partial charge in [0.1, 0.15) is 0 Å². The molecule has 4 heteroatoms. The number of carbonyl (C=O) groups excluding carboxylic acids is 1. The van der Waals surface area contributed by atoms with Gasteiger partial charge in [-0.25, -0.2) is 4.79 Å². The molecule has 0 bridgehead atoms. The van der Waals surface area contributed by atoms with Crippen molar-refractivity contribution in [2.45, 2.75) is 46.2 Å². The summed E-state index contributed by atoms with van der Waals surface area (Å²) in [5.74, 6) is 0.458. The molecule has 1 aliphatic rings. The standard InChI is InChI=1S/C30H31N3O/c1-20(2)23-13-15-24(16-14-23)29-28-10-7-17-32(28)27-9-6-5-8-25(27)19-33(29)30(34)31-26-18-21(3)11-12-22(26)4/h5-18,20,29H,19H2,1-4H3,(H,31,34). The van der Waals surface area contributed by atoms with E-state index in [9.17, 15) is 4.79 Å². The third-order valence-corrected chi connectivity index (χ3v) is 6.78. The zero-order chi connectivity index (χ0) is 23.8. The minimum atomic E-state index is -0.214. The van der Waals surface area contributed by atoms with Gasteiger partial charge in [0.05, 0.1) is 18.3 Å². The molecule has 0 radical (unpaired) electrons. The number of anilines is 1. The predicted octanol–water partition coefficient (Wildman–Crippen LogP) is 7.35. The summed E-state index contributed by atoms with van der Waals surface area (Å²) < 4.78 is 2.22. The Bertz CT molecular complexity index is 1330. The van der Waals surface area contributed by atoms with Crippen molar-refractivity contribution >= 4 is 11.7 Å². The number of aromatic nitrogens is 1. The number of aryl methyl sites for hydroxylation is 2. The molecule has 0 spiro atoms. The second-order valence-corrected chi connectivity index (χ2v) is 9.53. The highest BCUT2D eigenvalue weighted by molar-refractivity contribution is 5.91. The normalized spacial score (nSPS) is 15.0. The van der Waals surface area contributed by atoms with E-state index in [1.165, 1.54) is 5.56 Å². The zero-order valence-electron chi connectivity index (χ0n) is 20.2. The molecule has 1 atom stereocenters. The van der Waals surface area contributed by atoms with E-state index in [4.69, 9.17) is 0 Å². The van der Waals surface area contributed by atoms with Crippen LogP contribution in [0.3, 0.4) is 0 Å². The Morgan fingerprint density at radius 3 is 2.47 bits per heavy atom. The van der Waals surface area contributed by atoms with E-state index in [2.05, 4.69) is 96.7 Å². The number of hydrogen-bond donors (Lipinski definition) is 1. The molecule has 5 rings (SSSR count). The lowest BCUT2D eigenvalue weighted by atomic mass is 9.97. The summed E-state index contributed by atoms with van der Waals surface area (Å²) in [6, 6.07) is 27.1. The van der Waals surface area contributed by atoms with Crippen LogP contribution in [0.4, 0.5) is 10.5 Å². The summed E-state index contributed by atoms with van der Waals surface area (Å²) in [4.78, 5) is 15.9. The Morgan fingerprint density at radius 2 is 1.71 bits per heavy atom. The van der Waals surface area contributed by atoms with Crippen molar-refractivity contribution in [3.05, 3.63) is 119 Å². The molecule has 1 N–H and O–H groups in total. The van der Waals surface area contributed by atoms with Crippen molar-refractivity contribution < 1.29 is 4.79 Å². The summed E-state index contributed by atoms with van der Waals surface area (Å²) in [6.07, 6.45) is 2.09. The number of urea groups is 1. The molecular weight excluding hydrogens is 418 g/mol. The first-order chi connectivity index (χ1) is 16.4. The maximum Gasteiger partial charge on any atom is 0.322 e. The number of benzene rings is 3. The van der Waals surface area contributed by atoms with Gasteiger partial charge in [0.15, 0.2) is 0 Å². The molecule has 34 heavy (non-hydrogen) atoms. The SMILES string of the molecule is Cc1ccc(C)c(NC(=O)N2Cc3ccccc3-n3cccc3C2c2ccc(C(C)C)cc2)c1. The minimum absolute atomic E-state index is 0.101. The van der Waals surface area contributed by atoms with Crippen LogP contribution in [0, 0.1) is 13.8 Å². The Labute approximate surface area is 201 Å².